The number of likely N-dealkylation sites (tertiary alicyclic amines) is 1. The maximum atomic E-state index is 14.0. The Bertz CT molecular complexity index is 807. The van der Waals surface area contributed by atoms with Crippen molar-refractivity contribution in [1.29, 1.82) is 0 Å². The molecule has 1 saturated heterocycles. The molecule has 27 heavy (non-hydrogen) atoms. The summed E-state index contributed by atoms with van der Waals surface area (Å²) in [6.45, 7) is 5.32. The van der Waals surface area contributed by atoms with E-state index in [0.717, 1.165) is 31.9 Å². The standard InChI is InChI=1S/C20H24F2N2O3/c1-3-26-19(25)11-15-6-4-5-9-24(15)12-18-13(2)27-20(23-18)16-8-7-14(21)10-17(16)22/h7-8,10,15H,3-6,9,11-12H2,1-2H3/t15-/m1/s1. The first-order valence-corrected chi connectivity index (χ1v) is 9.29. The van der Waals surface area contributed by atoms with E-state index in [1.165, 1.54) is 12.1 Å². The Balaban J connectivity index is 1.76. The Morgan fingerprint density at radius 2 is 2.19 bits per heavy atom. The van der Waals surface area contributed by atoms with Crippen LogP contribution in [0, 0.1) is 18.6 Å². The molecule has 3 rings (SSSR count). The molecule has 1 aliphatic rings. The lowest BCUT2D eigenvalue weighted by atomic mass is 9.99. The number of ether oxygens (including phenoxy) is 1. The third-order valence-electron chi connectivity index (χ3n) is 4.86. The maximum absolute atomic E-state index is 14.0. The molecule has 146 valence electrons. The zero-order valence-electron chi connectivity index (χ0n) is 15.6. The van der Waals surface area contributed by atoms with Crippen molar-refractivity contribution in [1.82, 2.24) is 9.88 Å². The number of hydrogen-bond donors (Lipinski definition) is 0. The summed E-state index contributed by atoms with van der Waals surface area (Å²) >= 11 is 0. The second kappa shape index (κ2) is 8.61. The molecular formula is C20H24F2N2O3. The van der Waals surface area contributed by atoms with Crippen LogP contribution in [0.2, 0.25) is 0 Å². The number of hydrogen-bond acceptors (Lipinski definition) is 5. The zero-order chi connectivity index (χ0) is 19.4. The van der Waals surface area contributed by atoms with Crippen molar-refractivity contribution in [2.45, 2.75) is 52.1 Å². The van der Waals surface area contributed by atoms with E-state index in [2.05, 4.69) is 9.88 Å². The van der Waals surface area contributed by atoms with Crippen LogP contribution in [0.25, 0.3) is 11.5 Å². The molecule has 0 aliphatic carbocycles. The minimum atomic E-state index is -0.707. The predicted molar refractivity (Wildman–Crippen MR) is 95.9 cm³/mol. The van der Waals surface area contributed by atoms with Gasteiger partial charge < -0.3 is 9.15 Å². The van der Waals surface area contributed by atoms with Crippen molar-refractivity contribution in [3.63, 3.8) is 0 Å². The molecule has 0 spiro atoms. The number of carbonyl (C=O) groups excluding carboxylic acids is 1. The molecule has 0 amide bonds. The predicted octanol–water partition coefficient (Wildman–Crippen LogP) is 4.24. The van der Waals surface area contributed by atoms with E-state index in [4.69, 9.17) is 9.15 Å². The first-order chi connectivity index (χ1) is 13.0. The summed E-state index contributed by atoms with van der Waals surface area (Å²) in [4.78, 5) is 18.5. The number of benzene rings is 1. The Hall–Kier alpha value is -2.28. The number of oxazole rings is 1. The summed E-state index contributed by atoms with van der Waals surface area (Å²) < 4.78 is 37.8. The molecule has 0 N–H and O–H groups in total. The Labute approximate surface area is 157 Å². The van der Waals surface area contributed by atoms with Crippen molar-refractivity contribution in [3.8, 4) is 11.5 Å². The van der Waals surface area contributed by atoms with Gasteiger partial charge in [0, 0.05) is 18.7 Å². The fourth-order valence-corrected chi connectivity index (χ4v) is 3.46. The smallest absolute Gasteiger partial charge is 0.307 e. The highest BCUT2D eigenvalue weighted by Crippen LogP contribution is 2.28. The number of piperidine rings is 1. The monoisotopic (exact) mass is 378 g/mol. The lowest BCUT2D eigenvalue weighted by Crippen LogP contribution is -2.40. The highest BCUT2D eigenvalue weighted by atomic mass is 19.1. The van der Waals surface area contributed by atoms with Crippen molar-refractivity contribution in [3.05, 3.63) is 41.3 Å². The summed E-state index contributed by atoms with van der Waals surface area (Å²) in [5.41, 5.74) is 0.831. The van der Waals surface area contributed by atoms with E-state index in [9.17, 15) is 13.6 Å². The molecular weight excluding hydrogens is 354 g/mol. The van der Waals surface area contributed by atoms with Gasteiger partial charge in [-0.15, -0.1) is 0 Å². The average Bonchev–Trinajstić information content (AvgIpc) is 2.97. The fraction of sp³-hybridized carbons (Fsp3) is 0.500. The number of nitrogens with zero attached hydrogens (tertiary/aromatic N) is 2. The summed E-state index contributed by atoms with van der Waals surface area (Å²) in [6, 6.07) is 3.41. The Kier molecular flexibility index (Phi) is 6.21. The Morgan fingerprint density at radius 3 is 2.93 bits per heavy atom. The third-order valence-corrected chi connectivity index (χ3v) is 4.86. The molecule has 0 saturated carbocycles. The van der Waals surface area contributed by atoms with Crippen LogP contribution >= 0.6 is 0 Å². The number of aromatic nitrogens is 1. The largest absolute Gasteiger partial charge is 0.466 e. The molecule has 2 aromatic rings. The van der Waals surface area contributed by atoms with E-state index >= 15 is 0 Å². The molecule has 2 heterocycles. The zero-order valence-corrected chi connectivity index (χ0v) is 15.6. The van der Waals surface area contributed by atoms with Gasteiger partial charge in [0.25, 0.3) is 0 Å². The van der Waals surface area contributed by atoms with Crippen LogP contribution in [0.5, 0.6) is 0 Å². The summed E-state index contributed by atoms with van der Waals surface area (Å²) in [5.74, 6) is -0.815. The molecule has 0 unspecified atom stereocenters. The van der Waals surface area contributed by atoms with E-state index < -0.39 is 11.6 Å². The number of esters is 1. The van der Waals surface area contributed by atoms with Crippen LogP contribution in [0.4, 0.5) is 8.78 Å². The molecule has 1 aromatic carbocycles. The summed E-state index contributed by atoms with van der Waals surface area (Å²) in [7, 11) is 0. The summed E-state index contributed by atoms with van der Waals surface area (Å²) in [6.07, 6.45) is 3.40. The van der Waals surface area contributed by atoms with Crippen molar-refractivity contribution < 1.29 is 22.7 Å². The van der Waals surface area contributed by atoms with Gasteiger partial charge in [-0.3, -0.25) is 9.69 Å². The van der Waals surface area contributed by atoms with Gasteiger partial charge in [-0.1, -0.05) is 6.42 Å². The minimum absolute atomic E-state index is 0.0971. The molecule has 5 nitrogen and oxygen atoms in total. The SMILES string of the molecule is CCOC(=O)C[C@H]1CCCCN1Cc1nc(-c2ccc(F)cc2F)oc1C. The van der Waals surface area contributed by atoms with Gasteiger partial charge in [0.05, 0.1) is 24.3 Å². The molecule has 1 atom stereocenters. The van der Waals surface area contributed by atoms with Gasteiger partial charge in [-0.25, -0.2) is 13.8 Å². The first-order valence-electron chi connectivity index (χ1n) is 9.29. The highest BCUT2D eigenvalue weighted by Gasteiger charge is 2.27. The summed E-state index contributed by atoms with van der Waals surface area (Å²) in [5, 5.41) is 0. The second-order valence-electron chi connectivity index (χ2n) is 6.78. The molecule has 1 aliphatic heterocycles. The van der Waals surface area contributed by atoms with Crippen molar-refractivity contribution >= 4 is 5.97 Å². The van der Waals surface area contributed by atoms with Gasteiger partial charge in [-0.05, 0) is 45.4 Å². The van der Waals surface area contributed by atoms with Crippen LogP contribution in [-0.2, 0) is 16.1 Å². The average molecular weight is 378 g/mol. The quantitative estimate of drug-likeness (QED) is 0.704. The highest BCUT2D eigenvalue weighted by molar-refractivity contribution is 5.70. The lowest BCUT2D eigenvalue weighted by molar-refractivity contribution is -0.145. The van der Waals surface area contributed by atoms with E-state index in [-0.39, 0.29) is 23.5 Å². The molecule has 1 fully saturated rings. The topological polar surface area (TPSA) is 55.6 Å². The number of rotatable bonds is 6. The van der Waals surface area contributed by atoms with Gasteiger partial charge in [0.1, 0.15) is 17.4 Å². The third kappa shape index (κ3) is 4.71. The van der Waals surface area contributed by atoms with Crippen LogP contribution < -0.4 is 0 Å². The number of aryl methyl sites for hydroxylation is 1. The first kappa shape index (κ1) is 19.5. The lowest BCUT2D eigenvalue weighted by Gasteiger charge is -2.34. The van der Waals surface area contributed by atoms with Crippen LogP contribution in [0.3, 0.4) is 0 Å². The van der Waals surface area contributed by atoms with Crippen LogP contribution in [-0.4, -0.2) is 35.0 Å². The van der Waals surface area contributed by atoms with Crippen LogP contribution in [0.1, 0.15) is 44.1 Å². The van der Waals surface area contributed by atoms with E-state index in [1.807, 2.05) is 0 Å². The molecule has 7 heteroatoms. The van der Waals surface area contributed by atoms with E-state index in [1.54, 1.807) is 13.8 Å². The van der Waals surface area contributed by atoms with Gasteiger partial charge >= 0.3 is 5.97 Å². The normalized spacial score (nSPS) is 17.9. The van der Waals surface area contributed by atoms with Gasteiger partial charge in [0.15, 0.2) is 0 Å². The Morgan fingerprint density at radius 1 is 1.37 bits per heavy atom. The van der Waals surface area contributed by atoms with Gasteiger partial charge in [0.2, 0.25) is 5.89 Å². The van der Waals surface area contributed by atoms with Gasteiger partial charge in [-0.2, -0.15) is 0 Å². The molecule has 0 bridgehead atoms. The number of halogens is 2. The second-order valence-corrected chi connectivity index (χ2v) is 6.78. The maximum Gasteiger partial charge on any atom is 0.307 e. The van der Waals surface area contributed by atoms with Crippen LogP contribution in [0.15, 0.2) is 22.6 Å². The number of carbonyl (C=O) groups is 1. The molecule has 0 radical (unpaired) electrons. The van der Waals surface area contributed by atoms with Crippen molar-refractivity contribution in [2.24, 2.45) is 0 Å². The van der Waals surface area contributed by atoms with E-state index in [0.29, 0.717) is 31.0 Å². The molecule has 1 aromatic heterocycles. The fourth-order valence-electron chi connectivity index (χ4n) is 3.46. The minimum Gasteiger partial charge on any atom is -0.466 e. The van der Waals surface area contributed by atoms with Crippen molar-refractivity contribution in [2.75, 3.05) is 13.2 Å².